The van der Waals surface area contributed by atoms with E-state index in [4.69, 9.17) is 0 Å². The molecule has 1 aliphatic heterocycles. The molecule has 20 heavy (non-hydrogen) atoms. The molecule has 1 unspecified atom stereocenters. The highest BCUT2D eigenvalue weighted by molar-refractivity contribution is 9.10. The first kappa shape index (κ1) is 16.3. The van der Waals surface area contributed by atoms with Crippen molar-refractivity contribution in [1.29, 1.82) is 0 Å². The first-order chi connectivity index (χ1) is 9.45. The standard InChI is InChI=1S/C13H17BrFNO2S2/c1-2-20(17,18)12-9-19-7-6-16(12)8-10-4-3-5-11(15)13(10)14/h3-5,12H,2,6-9H2,1H3. The summed E-state index contributed by atoms with van der Waals surface area (Å²) in [7, 11) is -3.12. The van der Waals surface area contributed by atoms with Crippen molar-refractivity contribution < 1.29 is 12.8 Å². The Labute approximate surface area is 132 Å². The number of rotatable bonds is 4. The maximum atomic E-state index is 13.5. The summed E-state index contributed by atoms with van der Waals surface area (Å²) in [6, 6.07) is 4.86. The van der Waals surface area contributed by atoms with Gasteiger partial charge < -0.3 is 0 Å². The number of sulfone groups is 1. The van der Waals surface area contributed by atoms with Gasteiger partial charge >= 0.3 is 0 Å². The maximum absolute atomic E-state index is 13.5. The Kier molecular flexibility index (Phi) is 5.50. The highest BCUT2D eigenvalue weighted by Crippen LogP contribution is 2.27. The lowest BCUT2D eigenvalue weighted by Gasteiger charge is -2.34. The lowest BCUT2D eigenvalue weighted by Crippen LogP contribution is -2.47. The molecule has 0 saturated carbocycles. The number of halogens is 2. The van der Waals surface area contributed by atoms with Gasteiger partial charge in [0, 0.05) is 30.3 Å². The van der Waals surface area contributed by atoms with Gasteiger partial charge in [-0.1, -0.05) is 19.1 Å². The molecule has 1 aromatic rings. The molecule has 0 N–H and O–H groups in total. The average Bonchev–Trinajstić information content (AvgIpc) is 2.44. The van der Waals surface area contributed by atoms with E-state index in [9.17, 15) is 12.8 Å². The van der Waals surface area contributed by atoms with E-state index in [1.165, 1.54) is 6.07 Å². The second-order valence-corrected chi connectivity index (χ2v) is 9.05. The van der Waals surface area contributed by atoms with Gasteiger partial charge in [0.2, 0.25) is 0 Å². The molecule has 1 heterocycles. The van der Waals surface area contributed by atoms with E-state index in [0.29, 0.717) is 23.3 Å². The first-order valence-corrected chi connectivity index (χ1v) is 10.1. The lowest BCUT2D eigenvalue weighted by molar-refractivity contribution is 0.261. The van der Waals surface area contributed by atoms with Gasteiger partial charge in [0.1, 0.15) is 11.2 Å². The van der Waals surface area contributed by atoms with Crippen molar-refractivity contribution in [3.05, 3.63) is 34.1 Å². The predicted molar refractivity (Wildman–Crippen MR) is 85.1 cm³/mol. The molecule has 2 rings (SSSR count). The SMILES string of the molecule is CCS(=O)(=O)C1CSCCN1Cc1cccc(F)c1Br. The van der Waals surface area contributed by atoms with Gasteiger partial charge in [0.15, 0.2) is 9.84 Å². The van der Waals surface area contributed by atoms with E-state index in [2.05, 4.69) is 15.9 Å². The molecule has 1 fully saturated rings. The Hall–Kier alpha value is -0.110. The molecule has 0 radical (unpaired) electrons. The van der Waals surface area contributed by atoms with Crippen LogP contribution in [0.4, 0.5) is 4.39 Å². The number of nitrogens with zero attached hydrogens (tertiary/aromatic N) is 1. The topological polar surface area (TPSA) is 37.4 Å². The van der Waals surface area contributed by atoms with Crippen molar-refractivity contribution in [1.82, 2.24) is 4.90 Å². The molecule has 1 aromatic carbocycles. The molecule has 3 nitrogen and oxygen atoms in total. The average molecular weight is 382 g/mol. The summed E-state index contributed by atoms with van der Waals surface area (Å²) in [5.74, 6) is 1.31. The molecule has 1 aliphatic rings. The number of hydrogen-bond donors (Lipinski definition) is 0. The van der Waals surface area contributed by atoms with Gasteiger partial charge in [-0.25, -0.2) is 12.8 Å². The quantitative estimate of drug-likeness (QED) is 0.803. The summed E-state index contributed by atoms with van der Waals surface area (Å²) in [4.78, 5) is 1.94. The van der Waals surface area contributed by atoms with Crippen LogP contribution in [0, 0.1) is 5.82 Å². The van der Waals surface area contributed by atoms with Crippen molar-refractivity contribution in [2.24, 2.45) is 0 Å². The molecule has 7 heteroatoms. The summed E-state index contributed by atoms with van der Waals surface area (Å²) >= 11 is 4.90. The number of thioether (sulfide) groups is 1. The molecule has 0 aromatic heterocycles. The summed E-state index contributed by atoms with van der Waals surface area (Å²) in [5, 5.41) is -0.471. The maximum Gasteiger partial charge on any atom is 0.166 e. The first-order valence-electron chi connectivity index (χ1n) is 6.42. The van der Waals surface area contributed by atoms with Crippen LogP contribution in [-0.4, -0.2) is 42.5 Å². The van der Waals surface area contributed by atoms with Crippen molar-refractivity contribution in [2.75, 3.05) is 23.8 Å². The third-order valence-corrected chi connectivity index (χ3v) is 7.63. The van der Waals surface area contributed by atoms with Gasteiger partial charge in [0.25, 0.3) is 0 Å². The zero-order valence-electron chi connectivity index (χ0n) is 11.2. The molecule has 0 aliphatic carbocycles. The summed E-state index contributed by atoms with van der Waals surface area (Å²) < 4.78 is 38.3. The van der Waals surface area contributed by atoms with Gasteiger partial charge in [-0.2, -0.15) is 11.8 Å². The Morgan fingerprint density at radius 1 is 1.50 bits per heavy atom. The van der Waals surface area contributed by atoms with Crippen LogP contribution in [0.1, 0.15) is 12.5 Å². The van der Waals surface area contributed by atoms with Crippen LogP contribution >= 0.6 is 27.7 Å². The molecular formula is C13H17BrFNO2S2. The van der Waals surface area contributed by atoms with Crippen LogP contribution in [0.25, 0.3) is 0 Å². The molecule has 112 valence electrons. The van der Waals surface area contributed by atoms with E-state index in [1.54, 1.807) is 24.8 Å². The smallest absolute Gasteiger partial charge is 0.166 e. The Morgan fingerprint density at radius 3 is 2.95 bits per heavy atom. The second kappa shape index (κ2) is 6.77. The fourth-order valence-electron chi connectivity index (χ4n) is 2.21. The summed E-state index contributed by atoms with van der Waals surface area (Å²) in [5.41, 5.74) is 0.785. The molecular weight excluding hydrogens is 365 g/mol. The zero-order valence-corrected chi connectivity index (χ0v) is 14.4. The predicted octanol–water partition coefficient (Wildman–Crippen LogP) is 2.90. The van der Waals surface area contributed by atoms with Gasteiger partial charge in [-0.05, 0) is 27.6 Å². The van der Waals surface area contributed by atoms with Crippen molar-refractivity contribution in [3.63, 3.8) is 0 Å². The molecule has 0 bridgehead atoms. The van der Waals surface area contributed by atoms with Crippen LogP contribution < -0.4 is 0 Å². The van der Waals surface area contributed by atoms with E-state index >= 15 is 0 Å². The molecule has 1 atom stereocenters. The van der Waals surface area contributed by atoms with Crippen LogP contribution in [0.15, 0.2) is 22.7 Å². The zero-order chi connectivity index (χ0) is 14.8. The molecule has 0 spiro atoms. The van der Waals surface area contributed by atoms with Crippen molar-refractivity contribution >= 4 is 37.5 Å². The minimum Gasteiger partial charge on any atom is -0.281 e. The molecule has 0 amide bonds. The Bertz CT molecular complexity index is 580. The molecule has 1 saturated heterocycles. The van der Waals surface area contributed by atoms with Crippen LogP contribution in [0.3, 0.4) is 0 Å². The largest absolute Gasteiger partial charge is 0.281 e. The van der Waals surface area contributed by atoms with Crippen LogP contribution in [0.2, 0.25) is 0 Å². The number of hydrogen-bond acceptors (Lipinski definition) is 4. The fourth-order valence-corrected chi connectivity index (χ4v) is 5.68. The monoisotopic (exact) mass is 381 g/mol. The van der Waals surface area contributed by atoms with E-state index in [-0.39, 0.29) is 11.6 Å². The third kappa shape index (κ3) is 3.55. The fraction of sp³-hybridized carbons (Fsp3) is 0.538. The third-order valence-electron chi connectivity index (χ3n) is 3.41. The minimum atomic E-state index is -3.12. The normalized spacial score (nSPS) is 21.1. The van der Waals surface area contributed by atoms with E-state index in [1.807, 2.05) is 11.0 Å². The van der Waals surface area contributed by atoms with Crippen LogP contribution in [0.5, 0.6) is 0 Å². The highest BCUT2D eigenvalue weighted by Gasteiger charge is 2.33. The summed E-state index contributed by atoms with van der Waals surface area (Å²) in [6.07, 6.45) is 0. The summed E-state index contributed by atoms with van der Waals surface area (Å²) in [6.45, 7) is 2.82. The Balaban J connectivity index is 2.23. The lowest BCUT2D eigenvalue weighted by atomic mass is 10.2. The van der Waals surface area contributed by atoms with E-state index in [0.717, 1.165) is 11.3 Å². The minimum absolute atomic E-state index is 0.138. The van der Waals surface area contributed by atoms with Crippen molar-refractivity contribution in [3.8, 4) is 0 Å². The number of benzene rings is 1. The highest BCUT2D eigenvalue weighted by atomic mass is 79.9. The van der Waals surface area contributed by atoms with Gasteiger partial charge in [-0.3, -0.25) is 4.90 Å². The Morgan fingerprint density at radius 2 is 2.25 bits per heavy atom. The van der Waals surface area contributed by atoms with Crippen molar-refractivity contribution in [2.45, 2.75) is 18.8 Å². The van der Waals surface area contributed by atoms with Gasteiger partial charge in [-0.15, -0.1) is 0 Å². The van der Waals surface area contributed by atoms with E-state index < -0.39 is 15.2 Å². The van der Waals surface area contributed by atoms with Crippen LogP contribution in [-0.2, 0) is 16.4 Å². The second-order valence-electron chi connectivity index (χ2n) is 4.66. The van der Waals surface area contributed by atoms with Gasteiger partial charge in [0.05, 0.1) is 4.47 Å².